The predicted molar refractivity (Wildman–Crippen MR) is 91.3 cm³/mol. The van der Waals surface area contributed by atoms with Crippen LogP contribution in [0.3, 0.4) is 0 Å². The van der Waals surface area contributed by atoms with Crippen LogP contribution < -0.4 is 5.32 Å². The molecule has 0 saturated carbocycles. The van der Waals surface area contributed by atoms with E-state index < -0.39 is 0 Å². The van der Waals surface area contributed by atoms with Gasteiger partial charge in [-0.15, -0.1) is 0 Å². The number of anilines is 1. The number of rotatable bonds is 4. The molecule has 6 nitrogen and oxygen atoms in total. The van der Waals surface area contributed by atoms with Crippen LogP contribution in [-0.4, -0.2) is 25.8 Å². The van der Waals surface area contributed by atoms with E-state index in [-0.39, 0.29) is 24.1 Å². The van der Waals surface area contributed by atoms with Crippen molar-refractivity contribution >= 4 is 11.9 Å². The van der Waals surface area contributed by atoms with Crippen LogP contribution in [0.25, 0.3) is 11.5 Å². The number of aryl methyl sites for hydroxylation is 2. The van der Waals surface area contributed by atoms with E-state index in [1.807, 2.05) is 6.07 Å². The molecule has 1 N–H and O–H groups in total. The van der Waals surface area contributed by atoms with E-state index >= 15 is 0 Å². The van der Waals surface area contributed by atoms with Crippen LogP contribution in [0, 0.1) is 19.7 Å². The first kappa shape index (κ1) is 16.6. The molecule has 3 rings (SSSR count). The lowest BCUT2D eigenvalue weighted by Crippen LogP contribution is -2.18. The Hall–Kier alpha value is -3.22. The Kier molecular flexibility index (Phi) is 4.74. The summed E-state index contributed by atoms with van der Waals surface area (Å²) in [7, 11) is 0. The van der Waals surface area contributed by atoms with Crippen molar-refractivity contribution in [3.05, 3.63) is 65.4 Å². The van der Waals surface area contributed by atoms with Crippen molar-refractivity contribution in [3.63, 3.8) is 0 Å². The van der Waals surface area contributed by atoms with Crippen LogP contribution in [0.5, 0.6) is 0 Å². The van der Waals surface area contributed by atoms with Gasteiger partial charge in [0.25, 0.3) is 0 Å². The molecule has 1 amide bonds. The topological polar surface area (TPSA) is 80.7 Å². The van der Waals surface area contributed by atoms with Gasteiger partial charge < -0.3 is 0 Å². The van der Waals surface area contributed by atoms with E-state index in [1.165, 1.54) is 12.1 Å². The molecule has 0 spiro atoms. The van der Waals surface area contributed by atoms with Gasteiger partial charge in [-0.2, -0.15) is 9.97 Å². The largest absolute Gasteiger partial charge is 0.294 e. The van der Waals surface area contributed by atoms with Gasteiger partial charge in [-0.1, -0.05) is 12.1 Å². The fourth-order valence-electron chi connectivity index (χ4n) is 2.35. The van der Waals surface area contributed by atoms with Gasteiger partial charge in [0.1, 0.15) is 17.3 Å². The second-order valence-corrected chi connectivity index (χ2v) is 5.54. The molecule has 0 unspecified atom stereocenters. The normalized spacial score (nSPS) is 10.5. The van der Waals surface area contributed by atoms with Crippen molar-refractivity contribution < 1.29 is 9.18 Å². The number of pyridine rings is 1. The summed E-state index contributed by atoms with van der Waals surface area (Å²) in [5.41, 5.74) is 2.06. The maximum Gasteiger partial charge on any atom is 0.233 e. The molecule has 0 aliphatic rings. The van der Waals surface area contributed by atoms with Crippen molar-refractivity contribution in [2.45, 2.75) is 20.3 Å². The molecule has 25 heavy (non-hydrogen) atoms. The third-order valence-electron chi connectivity index (χ3n) is 3.55. The summed E-state index contributed by atoms with van der Waals surface area (Å²) in [6.07, 6.45) is 1.75. The lowest BCUT2D eigenvalue weighted by atomic mass is 10.1. The summed E-state index contributed by atoms with van der Waals surface area (Å²) in [4.78, 5) is 29.1. The zero-order chi connectivity index (χ0) is 17.8. The van der Waals surface area contributed by atoms with Gasteiger partial charge in [-0.25, -0.2) is 9.37 Å². The Labute approximate surface area is 144 Å². The molecule has 2 heterocycles. The highest BCUT2D eigenvalue weighted by atomic mass is 19.1. The number of hydrogen-bond acceptors (Lipinski definition) is 5. The van der Waals surface area contributed by atoms with Gasteiger partial charge in [0.2, 0.25) is 11.9 Å². The summed E-state index contributed by atoms with van der Waals surface area (Å²) in [5.74, 6) is 0.422. The number of hydrogen-bond donors (Lipinski definition) is 1. The summed E-state index contributed by atoms with van der Waals surface area (Å²) in [6, 6.07) is 9.74. The van der Waals surface area contributed by atoms with Crippen LogP contribution in [0.4, 0.5) is 10.3 Å². The molecular weight excluding hydrogens is 321 g/mol. The number of carbonyl (C=O) groups excluding carboxylic acids is 1. The standard InChI is InChI=1S/C18H16FN5O/c1-11-9-14(19)7-6-13(11)10-16(25)23-18-22-12(2)21-17(24-18)15-5-3-4-8-20-15/h3-9H,10H2,1-2H3,(H,21,22,23,24,25). The Morgan fingerprint density at radius 3 is 2.68 bits per heavy atom. The van der Waals surface area contributed by atoms with E-state index in [9.17, 15) is 9.18 Å². The van der Waals surface area contributed by atoms with E-state index in [0.717, 1.165) is 11.1 Å². The number of amides is 1. The molecule has 0 saturated heterocycles. The summed E-state index contributed by atoms with van der Waals surface area (Å²) >= 11 is 0. The Bertz CT molecular complexity index is 915. The highest BCUT2D eigenvalue weighted by Crippen LogP contribution is 2.14. The van der Waals surface area contributed by atoms with Crippen molar-refractivity contribution in [3.8, 4) is 11.5 Å². The van der Waals surface area contributed by atoms with Crippen LogP contribution >= 0.6 is 0 Å². The molecular formula is C18H16FN5O. The average molecular weight is 337 g/mol. The minimum absolute atomic E-state index is 0.107. The Morgan fingerprint density at radius 2 is 1.96 bits per heavy atom. The zero-order valence-corrected chi connectivity index (χ0v) is 13.8. The number of aromatic nitrogens is 4. The van der Waals surface area contributed by atoms with Crippen molar-refractivity contribution in [2.75, 3.05) is 5.32 Å². The molecule has 0 bridgehead atoms. The lowest BCUT2D eigenvalue weighted by molar-refractivity contribution is -0.115. The second-order valence-electron chi connectivity index (χ2n) is 5.54. The van der Waals surface area contributed by atoms with E-state index in [2.05, 4.69) is 25.3 Å². The molecule has 126 valence electrons. The second kappa shape index (κ2) is 7.12. The number of halogens is 1. The monoisotopic (exact) mass is 337 g/mol. The third kappa shape index (κ3) is 4.20. The van der Waals surface area contributed by atoms with Crippen molar-refractivity contribution in [2.24, 2.45) is 0 Å². The maximum absolute atomic E-state index is 13.1. The molecule has 0 fully saturated rings. The van der Waals surface area contributed by atoms with Crippen LogP contribution in [0.1, 0.15) is 17.0 Å². The first-order valence-corrected chi connectivity index (χ1v) is 7.70. The third-order valence-corrected chi connectivity index (χ3v) is 3.55. The smallest absolute Gasteiger partial charge is 0.233 e. The number of carbonyl (C=O) groups is 1. The van der Waals surface area contributed by atoms with Crippen LogP contribution in [-0.2, 0) is 11.2 Å². The van der Waals surface area contributed by atoms with E-state index in [4.69, 9.17) is 0 Å². The fourth-order valence-corrected chi connectivity index (χ4v) is 2.35. The molecule has 0 aliphatic heterocycles. The molecule has 2 aromatic heterocycles. The molecule has 0 aliphatic carbocycles. The SMILES string of the molecule is Cc1nc(NC(=O)Cc2ccc(F)cc2C)nc(-c2ccccn2)n1. The molecule has 3 aromatic rings. The van der Waals surface area contributed by atoms with E-state index in [0.29, 0.717) is 17.3 Å². The molecule has 0 radical (unpaired) electrons. The van der Waals surface area contributed by atoms with Crippen molar-refractivity contribution in [1.82, 2.24) is 19.9 Å². The number of benzene rings is 1. The highest BCUT2D eigenvalue weighted by molar-refractivity contribution is 5.90. The molecule has 1 aromatic carbocycles. The Balaban J connectivity index is 1.78. The molecule has 7 heteroatoms. The first-order chi connectivity index (χ1) is 12.0. The minimum Gasteiger partial charge on any atom is -0.294 e. The summed E-state index contributed by atoms with van der Waals surface area (Å²) in [6.45, 7) is 3.48. The van der Waals surface area contributed by atoms with Gasteiger partial charge in [-0.05, 0) is 49.2 Å². The summed E-state index contributed by atoms with van der Waals surface area (Å²) < 4.78 is 13.1. The first-order valence-electron chi connectivity index (χ1n) is 7.70. The maximum atomic E-state index is 13.1. The highest BCUT2D eigenvalue weighted by Gasteiger charge is 2.12. The lowest BCUT2D eigenvalue weighted by Gasteiger charge is -2.08. The van der Waals surface area contributed by atoms with Crippen LogP contribution in [0.2, 0.25) is 0 Å². The minimum atomic E-state index is -0.324. The van der Waals surface area contributed by atoms with E-state index in [1.54, 1.807) is 38.2 Å². The Morgan fingerprint density at radius 1 is 1.12 bits per heavy atom. The van der Waals surface area contributed by atoms with Gasteiger partial charge in [0, 0.05) is 6.20 Å². The van der Waals surface area contributed by atoms with Gasteiger partial charge in [-0.3, -0.25) is 15.1 Å². The van der Waals surface area contributed by atoms with Gasteiger partial charge >= 0.3 is 0 Å². The zero-order valence-electron chi connectivity index (χ0n) is 13.8. The van der Waals surface area contributed by atoms with Crippen molar-refractivity contribution in [1.29, 1.82) is 0 Å². The number of nitrogens with zero attached hydrogens (tertiary/aromatic N) is 4. The predicted octanol–water partition coefficient (Wildman–Crippen LogP) is 2.87. The summed E-state index contributed by atoms with van der Waals surface area (Å²) in [5, 5.41) is 2.66. The van der Waals surface area contributed by atoms with Gasteiger partial charge in [0.05, 0.1) is 6.42 Å². The quantitative estimate of drug-likeness (QED) is 0.792. The molecule has 0 atom stereocenters. The average Bonchev–Trinajstić information content (AvgIpc) is 2.58. The van der Waals surface area contributed by atoms with Gasteiger partial charge in [0.15, 0.2) is 5.82 Å². The van der Waals surface area contributed by atoms with Crippen LogP contribution in [0.15, 0.2) is 42.6 Å². The number of nitrogens with one attached hydrogen (secondary N) is 1. The fraction of sp³-hybridized carbons (Fsp3) is 0.167.